The van der Waals surface area contributed by atoms with Crippen molar-refractivity contribution in [3.05, 3.63) is 34.9 Å². The molecule has 1 aromatic carbocycles. The van der Waals surface area contributed by atoms with E-state index in [2.05, 4.69) is 10.6 Å². The minimum absolute atomic E-state index is 0.0527. The Bertz CT molecular complexity index is 461. The molecule has 5 heteroatoms. The minimum Gasteiger partial charge on any atom is -0.368 e. The third-order valence-corrected chi connectivity index (χ3v) is 3.81. The van der Waals surface area contributed by atoms with Gasteiger partial charge in [0.2, 0.25) is 5.91 Å². The molecule has 1 aliphatic heterocycles. The van der Waals surface area contributed by atoms with Crippen molar-refractivity contribution in [3.63, 3.8) is 0 Å². The maximum Gasteiger partial charge on any atom is 0.246 e. The van der Waals surface area contributed by atoms with Gasteiger partial charge in [-0.05, 0) is 57.0 Å². The molecule has 0 aliphatic carbocycles. The lowest BCUT2D eigenvalue weighted by atomic mass is 10.1. The largest absolute Gasteiger partial charge is 0.368 e. The van der Waals surface area contributed by atoms with E-state index in [9.17, 15) is 4.79 Å². The Morgan fingerprint density at radius 2 is 2.24 bits per heavy atom. The molecule has 0 bridgehead atoms. The van der Waals surface area contributed by atoms with E-state index in [1.165, 1.54) is 0 Å². The molecule has 1 aromatic rings. The summed E-state index contributed by atoms with van der Waals surface area (Å²) in [6.07, 6.45) is 2.93. The molecule has 0 saturated carbocycles. The lowest BCUT2D eigenvalue weighted by molar-refractivity contribution is -0.128. The van der Waals surface area contributed by atoms with Crippen LogP contribution in [0.15, 0.2) is 24.3 Å². The van der Waals surface area contributed by atoms with Crippen LogP contribution in [0.1, 0.15) is 25.3 Å². The van der Waals surface area contributed by atoms with Crippen molar-refractivity contribution in [3.8, 4) is 0 Å². The Labute approximate surface area is 131 Å². The Morgan fingerprint density at radius 3 is 2.95 bits per heavy atom. The van der Waals surface area contributed by atoms with Crippen molar-refractivity contribution in [2.45, 2.75) is 38.3 Å². The van der Waals surface area contributed by atoms with E-state index in [0.29, 0.717) is 0 Å². The average molecular weight is 311 g/mol. The highest BCUT2D eigenvalue weighted by Gasteiger charge is 2.15. The van der Waals surface area contributed by atoms with E-state index in [-0.39, 0.29) is 24.7 Å². The van der Waals surface area contributed by atoms with E-state index in [4.69, 9.17) is 16.3 Å². The van der Waals surface area contributed by atoms with Crippen LogP contribution in [0, 0.1) is 0 Å². The summed E-state index contributed by atoms with van der Waals surface area (Å²) < 4.78 is 5.64. The molecule has 1 amide bonds. The number of amides is 1. The number of carbonyl (C=O) groups excluding carboxylic acids is 1. The number of halogens is 1. The van der Waals surface area contributed by atoms with Crippen molar-refractivity contribution < 1.29 is 9.53 Å². The molecule has 1 aliphatic rings. The first-order chi connectivity index (χ1) is 10.1. The van der Waals surface area contributed by atoms with Gasteiger partial charge >= 0.3 is 0 Å². The summed E-state index contributed by atoms with van der Waals surface area (Å²) in [5, 5.41) is 6.96. The van der Waals surface area contributed by atoms with Gasteiger partial charge in [0.1, 0.15) is 6.61 Å². The summed E-state index contributed by atoms with van der Waals surface area (Å²) in [6.45, 7) is 4.07. The molecule has 1 unspecified atom stereocenters. The zero-order valence-electron chi connectivity index (χ0n) is 12.4. The first-order valence-corrected chi connectivity index (χ1v) is 7.87. The van der Waals surface area contributed by atoms with Gasteiger partial charge in [0, 0.05) is 11.1 Å². The van der Waals surface area contributed by atoms with Gasteiger partial charge in [-0.3, -0.25) is 4.79 Å². The molecule has 1 atom stereocenters. The van der Waals surface area contributed by atoms with E-state index in [1.54, 1.807) is 0 Å². The number of nitrogens with one attached hydrogen (secondary N) is 2. The van der Waals surface area contributed by atoms with Gasteiger partial charge in [0.05, 0.1) is 6.10 Å². The highest BCUT2D eigenvalue weighted by atomic mass is 35.5. The van der Waals surface area contributed by atoms with Crippen molar-refractivity contribution in [1.82, 2.24) is 10.6 Å². The fourth-order valence-corrected chi connectivity index (χ4v) is 2.75. The second-order valence-electron chi connectivity index (χ2n) is 5.56. The molecule has 116 valence electrons. The molecule has 2 N–H and O–H groups in total. The monoisotopic (exact) mass is 310 g/mol. The van der Waals surface area contributed by atoms with Crippen molar-refractivity contribution in [2.24, 2.45) is 0 Å². The molecule has 2 rings (SSSR count). The Kier molecular flexibility index (Phi) is 6.49. The second kappa shape index (κ2) is 8.37. The lowest BCUT2D eigenvalue weighted by Crippen LogP contribution is -2.39. The van der Waals surface area contributed by atoms with Gasteiger partial charge in [-0.1, -0.05) is 23.7 Å². The second-order valence-corrected chi connectivity index (χ2v) is 6.00. The normalized spacial score (nSPS) is 17.4. The number of piperidine rings is 1. The summed E-state index contributed by atoms with van der Waals surface area (Å²) in [6, 6.07) is 7.77. The van der Waals surface area contributed by atoms with Crippen LogP contribution in [-0.4, -0.2) is 37.7 Å². The first-order valence-electron chi connectivity index (χ1n) is 7.49. The SMILES string of the molecule is CC(Cc1cccc(Cl)c1)NC(=O)COC1CCNCC1. The maximum absolute atomic E-state index is 11.9. The number of rotatable bonds is 6. The van der Waals surface area contributed by atoms with Crippen molar-refractivity contribution in [1.29, 1.82) is 0 Å². The third kappa shape index (κ3) is 6.04. The van der Waals surface area contributed by atoms with E-state index >= 15 is 0 Å². The Balaban J connectivity index is 1.69. The molecular formula is C16H23ClN2O2. The standard InChI is InChI=1S/C16H23ClN2O2/c1-12(9-13-3-2-4-14(17)10-13)19-16(20)11-21-15-5-7-18-8-6-15/h2-4,10,12,15,18H,5-9,11H2,1H3,(H,19,20). The number of hydrogen-bond acceptors (Lipinski definition) is 3. The predicted molar refractivity (Wildman–Crippen MR) is 84.6 cm³/mol. The predicted octanol–water partition coefficient (Wildman–Crippen LogP) is 2.16. The Hall–Kier alpha value is -1.10. The smallest absolute Gasteiger partial charge is 0.246 e. The Morgan fingerprint density at radius 1 is 1.48 bits per heavy atom. The summed E-state index contributed by atoms with van der Waals surface area (Å²) in [5.74, 6) is -0.0527. The molecule has 0 spiro atoms. The first kappa shape index (κ1) is 16.3. The van der Waals surface area contributed by atoms with Crippen LogP contribution in [0.4, 0.5) is 0 Å². The van der Waals surface area contributed by atoms with E-state index in [1.807, 2.05) is 31.2 Å². The molecular weight excluding hydrogens is 288 g/mol. The number of benzene rings is 1. The molecule has 21 heavy (non-hydrogen) atoms. The number of hydrogen-bond donors (Lipinski definition) is 2. The highest BCUT2D eigenvalue weighted by molar-refractivity contribution is 6.30. The summed E-state index contributed by atoms with van der Waals surface area (Å²) >= 11 is 5.96. The fourth-order valence-electron chi connectivity index (χ4n) is 2.54. The quantitative estimate of drug-likeness (QED) is 0.846. The highest BCUT2D eigenvalue weighted by Crippen LogP contribution is 2.12. The summed E-state index contributed by atoms with van der Waals surface area (Å²) in [5.41, 5.74) is 1.12. The van der Waals surface area contributed by atoms with Crippen molar-refractivity contribution in [2.75, 3.05) is 19.7 Å². The molecule has 4 nitrogen and oxygen atoms in total. The fraction of sp³-hybridized carbons (Fsp3) is 0.562. The molecule has 0 radical (unpaired) electrons. The van der Waals surface area contributed by atoms with E-state index in [0.717, 1.165) is 42.9 Å². The van der Waals surface area contributed by atoms with Gasteiger partial charge in [0.25, 0.3) is 0 Å². The summed E-state index contributed by atoms with van der Waals surface area (Å²) in [7, 11) is 0. The zero-order valence-corrected chi connectivity index (χ0v) is 13.2. The van der Waals surface area contributed by atoms with Crippen LogP contribution in [0.3, 0.4) is 0 Å². The van der Waals surface area contributed by atoms with Crippen molar-refractivity contribution >= 4 is 17.5 Å². The van der Waals surface area contributed by atoms with Crippen LogP contribution in [-0.2, 0) is 16.0 Å². The van der Waals surface area contributed by atoms with Crippen LogP contribution in [0.5, 0.6) is 0 Å². The topological polar surface area (TPSA) is 50.4 Å². The number of carbonyl (C=O) groups is 1. The molecule has 0 aromatic heterocycles. The van der Waals surface area contributed by atoms with Gasteiger partial charge in [-0.15, -0.1) is 0 Å². The zero-order chi connectivity index (χ0) is 15.1. The maximum atomic E-state index is 11.9. The molecule has 1 saturated heterocycles. The third-order valence-electron chi connectivity index (χ3n) is 3.57. The van der Waals surface area contributed by atoms with Gasteiger partial charge in [-0.25, -0.2) is 0 Å². The van der Waals surface area contributed by atoms with Crippen LogP contribution in [0.25, 0.3) is 0 Å². The number of ether oxygens (including phenoxy) is 1. The average Bonchev–Trinajstić information content (AvgIpc) is 2.46. The van der Waals surface area contributed by atoms with E-state index < -0.39 is 0 Å². The van der Waals surface area contributed by atoms with Gasteiger partial charge in [-0.2, -0.15) is 0 Å². The minimum atomic E-state index is -0.0527. The van der Waals surface area contributed by atoms with Gasteiger partial charge < -0.3 is 15.4 Å². The lowest BCUT2D eigenvalue weighted by Gasteiger charge is -2.23. The van der Waals surface area contributed by atoms with Crippen LogP contribution >= 0.6 is 11.6 Å². The van der Waals surface area contributed by atoms with Crippen LogP contribution in [0.2, 0.25) is 5.02 Å². The van der Waals surface area contributed by atoms with Crippen LogP contribution < -0.4 is 10.6 Å². The van der Waals surface area contributed by atoms with Gasteiger partial charge in [0.15, 0.2) is 0 Å². The molecule has 1 fully saturated rings. The summed E-state index contributed by atoms with van der Waals surface area (Å²) in [4.78, 5) is 11.9. The molecule has 1 heterocycles.